The van der Waals surface area contributed by atoms with Gasteiger partial charge in [-0.1, -0.05) is 38.8 Å². The van der Waals surface area contributed by atoms with E-state index in [2.05, 4.69) is 37.8 Å². The highest BCUT2D eigenvalue weighted by atomic mass is 14.0. The fourth-order valence-corrected chi connectivity index (χ4v) is 1.50. The molecule has 0 fully saturated rings. The molecule has 1 rings (SSSR count). The van der Waals surface area contributed by atoms with Gasteiger partial charge in [0.15, 0.2) is 0 Å². The maximum Gasteiger partial charge on any atom is -0.00577 e. The second kappa shape index (κ2) is 5.61. The third-order valence-corrected chi connectivity index (χ3v) is 2.09. The zero-order valence-corrected chi connectivity index (χ0v) is 8.64. The first-order chi connectivity index (χ1) is 6.36. The Kier molecular flexibility index (Phi) is 4.35. The van der Waals surface area contributed by atoms with Crippen molar-refractivity contribution in [1.82, 2.24) is 0 Å². The second-order valence-electron chi connectivity index (χ2n) is 3.41. The molecule has 0 N–H and O–H groups in total. The molecule has 0 saturated carbocycles. The van der Waals surface area contributed by atoms with Gasteiger partial charge in [0.2, 0.25) is 0 Å². The van der Waals surface area contributed by atoms with Crippen LogP contribution in [0.2, 0.25) is 0 Å². The normalized spacial score (nSPS) is 15.2. The SMILES string of the molecule is CCCC1=C=CC=CC(CCC)=C1. The molecule has 0 bridgehead atoms. The standard InChI is InChI=1S/C13H18/c1-3-7-12-9-5-6-10-13(11-12)8-4-2/h5-6,9,11H,3-4,7-8H2,1-2H3. The average Bonchev–Trinajstić information content (AvgIpc) is 2.32. The van der Waals surface area contributed by atoms with Gasteiger partial charge in [-0.3, -0.25) is 0 Å². The first-order valence-electron chi connectivity index (χ1n) is 5.19. The summed E-state index contributed by atoms with van der Waals surface area (Å²) in [7, 11) is 0. The van der Waals surface area contributed by atoms with Crippen LogP contribution in [0.5, 0.6) is 0 Å². The van der Waals surface area contributed by atoms with E-state index in [1.807, 2.05) is 6.08 Å². The molecule has 0 heteroatoms. The molecule has 0 aromatic rings. The van der Waals surface area contributed by atoms with Crippen molar-refractivity contribution >= 4 is 0 Å². The van der Waals surface area contributed by atoms with Gasteiger partial charge in [0.1, 0.15) is 0 Å². The van der Waals surface area contributed by atoms with Crippen molar-refractivity contribution in [3.63, 3.8) is 0 Å². The van der Waals surface area contributed by atoms with Gasteiger partial charge < -0.3 is 0 Å². The fraction of sp³-hybridized carbons (Fsp3) is 0.462. The third kappa shape index (κ3) is 3.48. The van der Waals surface area contributed by atoms with Gasteiger partial charge in [0.05, 0.1) is 0 Å². The van der Waals surface area contributed by atoms with Crippen LogP contribution in [0.25, 0.3) is 0 Å². The van der Waals surface area contributed by atoms with E-state index in [0.717, 1.165) is 6.42 Å². The van der Waals surface area contributed by atoms with Crippen LogP contribution >= 0.6 is 0 Å². The molecule has 1 aliphatic carbocycles. The highest BCUT2D eigenvalue weighted by Crippen LogP contribution is 2.15. The maximum absolute atomic E-state index is 3.30. The van der Waals surface area contributed by atoms with Crippen molar-refractivity contribution in [2.45, 2.75) is 39.5 Å². The lowest BCUT2D eigenvalue weighted by molar-refractivity contribution is 0.905. The Morgan fingerprint density at radius 2 is 1.92 bits per heavy atom. The predicted octanol–water partition coefficient (Wildman–Crippen LogP) is 4.16. The van der Waals surface area contributed by atoms with E-state index in [-0.39, 0.29) is 0 Å². The molecule has 1 aliphatic rings. The molecule has 0 nitrogen and oxygen atoms in total. The zero-order chi connectivity index (χ0) is 9.52. The van der Waals surface area contributed by atoms with E-state index < -0.39 is 0 Å². The van der Waals surface area contributed by atoms with Crippen molar-refractivity contribution in [2.75, 3.05) is 0 Å². The topological polar surface area (TPSA) is 0 Å². The summed E-state index contributed by atoms with van der Waals surface area (Å²) in [5, 5.41) is 0. The fourth-order valence-electron chi connectivity index (χ4n) is 1.50. The monoisotopic (exact) mass is 174 g/mol. The van der Waals surface area contributed by atoms with Gasteiger partial charge >= 0.3 is 0 Å². The molecular formula is C13H18. The van der Waals surface area contributed by atoms with Crippen LogP contribution in [0.1, 0.15) is 39.5 Å². The lowest BCUT2D eigenvalue weighted by Gasteiger charge is -2.00. The first kappa shape index (κ1) is 10.1. The minimum absolute atomic E-state index is 1.14. The van der Waals surface area contributed by atoms with Crippen LogP contribution < -0.4 is 0 Å². The van der Waals surface area contributed by atoms with Crippen molar-refractivity contribution < 1.29 is 0 Å². The van der Waals surface area contributed by atoms with E-state index in [1.54, 1.807) is 0 Å². The average molecular weight is 174 g/mol. The summed E-state index contributed by atoms with van der Waals surface area (Å²) in [6, 6.07) is 0. The van der Waals surface area contributed by atoms with Crippen LogP contribution in [0.4, 0.5) is 0 Å². The van der Waals surface area contributed by atoms with Gasteiger partial charge in [-0.25, -0.2) is 0 Å². The highest BCUT2D eigenvalue weighted by molar-refractivity contribution is 5.34. The Balaban J connectivity index is 2.73. The minimum Gasteiger partial charge on any atom is -0.117 e. The lowest BCUT2D eigenvalue weighted by Crippen LogP contribution is -1.81. The molecule has 0 saturated heterocycles. The summed E-state index contributed by atoms with van der Waals surface area (Å²) in [4.78, 5) is 0. The van der Waals surface area contributed by atoms with Crippen LogP contribution in [-0.2, 0) is 0 Å². The summed E-state index contributed by atoms with van der Waals surface area (Å²) in [6.45, 7) is 4.43. The van der Waals surface area contributed by atoms with E-state index in [1.165, 1.54) is 30.4 Å². The van der Waals surface area contributed by atoms with Crippen LogP contribution in [0.15, 0.2) is 41.2 Å². The molecule has 0 unspecified atom stereocenters. The number of hydrogen-bond donors (Lipinski definition) is 0. The van der Waals surface area contributed by atoms with Gasteiger partial charge in [-0.05, 0) is 36.1 Å². The number of allylic oxidation sites excluding steroid dienone is 5. The van der Waals surface area contributed by atoms with E-state index >= 15 is 0 Å². The Morgan fingerprint density at radius 3 is 2.62 bits per heavy atom. The quantitative estimate of drug-likeness (QED) is 0.561. The number of rotatable bonds is 4. The van der Waals surface area contributed by atoms with Crippen LogP contribution in [0.3, 0.4) is 0 Å². The third-order valence-electron chi connectivity index (χ3n) is 2.09. The molecule has 0 aliphatic heterocycles. The summed E-state index contributed by atoms with van der Waals surface area (Å²) >= 11 is 0. The first-order valence-corrected chi connectivity index (χ1v) is 5.19. The zero-order valence-electron chi connectivity index (χ0n) is 8.64. The van der Waals surface area contributed by atoms with Gasteiger partial charge in [-0.15, -0.1) is 5.73 Å². The van der Waals surface area contributed by atoms with Crippen molar-refractivity contribution in [2.24, 2.45) is 0 Å². The van der Waals surface area contributed by atoms with Crippen molar-refractivity contribution in [3.05, 3.63) is 41.2 Å². The van der Waals surface area contributed by atoms with E-state index in [0.29, 0.717) is 0 Å². The Morgan fingerprint density at radius 1 is 1.15 bits per heavy atom. The summed E-state index contributed by atoms with van der Waals surface area (Å²) in [6.07, 6.45) is 13.3. The Bertz CT molecular complexity index is 270. The van der Waals surface area contributed by atoms with Crippen LogP contribution in [-0.4, -0.2) is 0 Å². The Hall–Kier alpha value is -1.00. The molecule has 0 radical (unpaired) electrons. The minimum atomic E-state index is 1.14. The van der Waals surface area contributed by atoms with Gasteiger partial charge in [-0.2, -0.15) is 0 Å². The molecule has 0 aromatic heterocycles. The molecule has 13 heavy (non-hydrogen) atoms. The summed E-state index contributed by atoms with van der Waals surface area (Å²) in [5.41, 5.74) is 6.08. The predicted molar refractivity (Wildman–Crippen MR) is 58.6 cm³/mol. The summed E-state index contributed by atoms with van der Waals surface area (Å²) in [5.74, 6) is 0. The van der Waals surface area contributed by atoms with Crippen molar-refractivity contribution in [3.8, 4) is 0 Å². The number of hydrogen-bond acceptors (Lipinski definition) is 0. The smallest absolute Gasteiger partial charge is 0.00577 e. The molecular weight excluding hydrogens is 156 g/mol. The molecule has 0 aromatic carbocycles. The lowest BCUT2D eigenvalue weighted by atomic mass is 10.1. The van der Waals surface area contributed by atoms with Gasteiger partial charge in [0.25, 0.3) is 0 Å². The van der Waals surface area contributed by atoms with Crippen LogP contribution in [0, 0.1) is 0 Å². The molecule has 0 spiro atoms. The molecule has 70 valence electrons. The van der Waals surface area contributed by atoms with E-state index in [4.69, 9.17) is 0 Å². The second-order valence-corrected chi connectivity index (χ2v) is 3.41. The Labute approximate surface area is 81.4 Å². The van der Waals surface area contributed by atoms with E-state index in [9.17, 15) is 0 Å². The highest BCUT2D eigenvalue weighted by Gasteiger charge is 1.96. The summed E-state index contributed by atoms with van der Waals surface area (Å²) < 4.78 is 0. The molecule has 0 atom stereocenters. The maximum atomic E-state index is 3.30. The largest absolute Gasteiger partial charge is 0.117 e. The van der Waals surface area contributed by atoms with Gasteiger partial charge in [0, 0.05) is 0 Å². The molecule has 0 heterocycles. The molecule has 0 amide bonds. The van der Waals surface area contributed by atoms with Crippen molar-refractivity contribution in [1.29, 1.82) is 0 Å².